The number of esters is 1. The van der Waals surface area contributed by atoms with Crippen LogP contribution in [0.15, 0.2) is 41.8 Å². The summed E-state index contributed by atoms with van der Waals surface area (Å²) in [4.78, 5) is 37.3. The van der Waals surface area contributed by atoms with Gasteiger partial charge in [-0.25, -0.2) is 4.98 Å². The van der Waals surface area contributed by atoms with Crippen LogP contribution in [0, 0.1) is 11.8 Å². The van der Waals surface area contributed by atoms with Crippen LogP contribution in [0.1, 0.15) is 116 Å². The first-order chi connectivity index (χ1) is 23.7. The lowest BCUT2D eigenvalue weighted by molar-refractivity contribution is -0.148. The zero-order valence-electron chi connectivity index (χ0n) is 29.9. The largest absolute Gasteiger partial charge is 0.465 e. The van der Waals surface area contributed by atoms with Gasteiger partial charge in [-0.1, -0.05) is 101 Å². The number of carbonyl (C=O) groups is 2. The summed E-state index contributed by atoms with van der Waals surface area (Å²) >= 11 is 12.8. The van der Waals surface area contributed by atoms with E-state index in [2.05, 4.69) is 34.4 Å². The van der Waals surface area contributed by atoms with Crippen molar-refractivity contribution < 1.29 is 14.3 Å². The highest BCUT2D eigenvalue weighted by molar-refractivity contribution is 6.40. The summed E-state index contributed by atoms with van der Waals surface area (Å²) in [6, 6.07) is 3.20. The van der Waals surface area contributed by atoms with Gasteiger partial charge in [-0.15, -0.1) is 0 Å². The Labute approximate surface area is 304 Å². The van der Waals surface area contributed by atoms with E-state index in [1.54, 1.807) is 29.6 Å². The van der Waals surface area contributed by atoms with E-state index in [1.807, 2.05) is 18.5 Å². The van der Waals surface area contributed by atoms with Gasteiger partial charge in [-0.3, -0.25) is 19.5 Å². The van der Waals surface area contributed by atoms with Gasteiger partial charge in [-0.2, -0.15) is 0 Å². The fourth-order valence-corrected chi connectivity index (χ4v) is 6.88. The SMILES string of the molecule is CCCCCCCC/C=C\CCCCCCCC(=O)OC[C@H](Cc1cncn1C)[C@H](CC)C(=O)N1CCN=C1Nc1c(Cl)cc(N)cc1Cl. The quantitative estimate of drug-likeness (QED) is 0.0513. The van der Waals surface area contributed by atoms with Crippen LogP contribution in [0.2, 0.25) is 10.0 Å². The summed E-state index contributed by atoms with van der Waals surface area (Å²) < 4.78 is 7.77. The van der Waals surface area contributed by atoms with Crippen LogP contribution < -0.4 is 11.1 Å². The Morgan fingerprint density at radius 2 is 1.61 bits per heavy atom. The lowest BCUT2D eigenvalue weighted by Gasteiger charge is -2.30. The molecule has 2 aromatic rings. The molecule has 272 valence electrons. The number of halogens is 2. The van der Waals surface area contributed by atoms with Crippen LogP contribution in [-0.4, -0.2) is 52.0 Å². The average molecular weight is 718 g/mol. The number of hydrogen-bond donors (Lipinski definition) is 2. The van der Waals surface area contributed by atoms with E-state index in [0.717, 1.165) is 31.4 Å². The number of amides is 1. The first kappa shape index (κ1) is 40.4. The smallest absolute Gasteiger partial charge is 0.305 e. The van der Waals surface area contributed by atoms with Crippen molar-refractivity contribution in [2.45, 2.75) is 117 Å². The molecular weight excluding hydrogens is 659 g/mol. The van der Waals surface area contributed by atoms with Gasteiger partial charge < -0.3 is 20.4 Å². The standard InChI is InChI=1S/C38H58Cl2N6O3/c1-4-6-7-8-9-10-11-12-13-14-15-16-17-18-19-20-35(47)49-27-29(23-31-26-42-28-45(31)3)32(5-2)37(48)46-22-21-43-38(46)44-36-33(39)24-30(41)25-34(36)40/h12-13,24-26,28-29,32H,4-11,14-23,27,41H2,1-3H3,(H,43,44)/b13-12-/t29-,32-/m0/s1. The minimum atomic E-state index is -0.412. The van der Waals surface area contributed by atoms with Gasteiger partial charge in [0.05, 0.1) is 35.2 Å². The molecule has 0 aliphatic carbocycles. The first-order valence-electron chi connectivity index (χ1n) is 18.4. The van der Waals surface area contributed by atoms with E-state index >= 15 is 0 Å². The molecule has 1 aromatic carbocycles. The van der Waals surface area contributed by atoms with E-state index < -0.39 is 5.92 Å². The highest BCUT2D eigenvalue weighted by atomic mass is 35.5. The Bertz CT molecular complexity index is 1340. The predicted octanol–water partition coefficient (Wildman–Crippen LogP) is 9.39. The number of anilines is 2. The summed E-state index contributed by atoms with van der Waals surface area (Å²) in [5, 5.41) is 3.83. The van der Waals surface area contributed by atoms with Gasteiger partial charge in [0.15, 0.2) is 0 Å². The fourth-order valence-electron chi connectivity index (χ4n) is 6.28. The van der Waals surface area contributed by atoms with Crippen LogP contribution in [-0.2, 0) is 27.8 Å². The number of ether oxygens (including phenoxy) is 1. The number of nitrogens with zero attached hydrogens (tertiary/aromatic N) is 4. The molecule has 1 aromatic heterocycles. The number of carbonyl (C=O) groups excluding carboxylic acids is 2. The van der Waals surface area contributed by atoms with Crippen molar-refractivity contribution in [3.63, 3.8) is 0 Å². The predicted molar refractivity (Wildman–Crippen MR) is 203 cm³/mol. The molecule has 1 aliphatic heterocycles. The zero-order valence-corrected chi connectivity index (χ0v) is 31.4. The highest BCUT2D eigenvalue weighted by Gasteiger charge is 2.35. The fraction of sp³-hybridized carbons (Fsp3) is 0.632. The molecule has 3 N–H and O–H groups in total. The van der Waals surface area contributed by atoms with Gasteiger partial charge in [0.2, 0.25) is 11.9 Å². The molecule has 0 spiro atoms. The Morgan fingerprint density at radius 1 is 0.980 bits per heavy atom. The van der Waals surface area contributed by atoms with Crippen molar-refractivity contribution in [1.29, 1.82) is 0 Å². The number of aromatic nitrogens is 2. The number of nitrogen functional groups attached to an aromatic ring is 1. The van der Waals surface area contributed by atoms with Crippen molar-refractivity contribution >= 4 is 52.4 Å². The highest BCUT2D eigenvalue weighted by Crippen LogP contribution is 2.34. The number of imidazole rings is 1. The van der Waals surface area contributed by atoms with Crippen LogP contribution in [0.3, 0.4) is 0 Å². The topological polar surface area (TPSA) is 115 Å². The third kappa shape index (κ3) is 14.0. The van der Waals surface area contributed by atoms with Gasteiger partial charge in [0.25, 0.3) is 0 Å². The molecule has 1 amide bonds. The van der Waals surface area contributed by atoms with Gasteiger partial charge >= 0.3 is 5.97 Å². The van der Waals surface area contributed by atoms with E-state index in [1.165, 1.54) is 57.8 Å². The first-order valence-corrected chi connectivity index (χ1v) is 19.1. The minimum Gasteiger partial charge on any atom is -0.465 e. The number of guanidine groups is 1. The van der Waals surface area contributed by atoms with Gasteiger partial charge in [-0.05, 0) is 57.1 Å². The minimum absolute atomic E-state index is 0.0885. The third-order valence-corrected chi connectivity index (χ3v) is 9.82. The Kier molecular flexibility index (Phi) is 18.7. The molecule has 0 unspecified atom stereocenters. The van der Waals surface area contributed by atoms with Crippen molar-refractivity contribution in [2.75, 3.05) is 30.7 Å². The Morgan fingerprint density at radius 3 is 2.22 bits per heavy atom. The number of nitrogens with one attached hydrogen (secondary N) is 1. The molecule has 9 nitrogen and oxygen atoms in total. The molecule has 0 bridgehead atoms. The number of unbranched alkanes of at least 4 members (excludes halogenated alkanes) is 11. The number of hydrogen-bond acceptors (Lipinski definition) is 7. The third-order valence-electron chi connectivity index (χ3n) is 9.22. The molecule has 11 heteroatoms. The number of nitrogens with two attached hydrogens (primary N) is 1. The second-order valence-corrected chi connectivity index (χ2v) is 14.0. The molecule has 0 fully saturated rings. The number of aryl methyl sites for hydroxylation is 1. The van der Waals surface area contributed by atoms with Crippen LogP contribution in [0.4, 0.5) is 11.4 Å². The molecule has 0 saturated carbocycles. The normalized spacial score (nSPS) is 14.3. The Balaban J connectivity index is 1.46. The van der Waals surface area contributed by atoms with Crippen LogP contribution in [0.5, 0.6) is 0 Å². The summed E-state index contributed by atoms with van der Waals surface area (Å²) in [6.07, 6.45) is 25.4. The van der Waals surface area contributed by atoms with Crippen molar-refractivity contribution in [2.24, 2.45) is 23.9 Å². The average Bonchev–Trinajstić information content (AvgIpc) is 3.71. The molecule has 0 saturated heterocycles. The van der Waals surface area contributed by atoms with E-state index in [4.69, 9.17) is 33.7 Å². The lowest BCUT2D eigenvalue weighted by atomic mass is 9.85. The van der Waals surface area contributed by atoms with Crippen molar-refractivity contribution in [3.05, 3.63) is 52.5 Å². The zero-order chi connectivity index (χ0) is 35.4. The van der Waals surface area contributed by atoms with E-state index in [9.17, 15) is 9.59 Å². The molecular formula is C38H58Cl2N6O3. The summed E-state index contributed by atoms with van der Waals surface area (Å²) in [5.74, 6) is -0.568. The Hall–Kier alpha value is -3.04. The maximum Gasteiger partial charge on any atom is 0.305 e. The van der Waals surface area contributed by atoms with Gasteiger partial charge in [0.1, 0.15) is 0 Å². The molecule has 1 aliphatic rings. The number of rotatable bonds is 23. The maximum absolute atomic E-state index is 14.1. The van der Waals surface area contributed by atoms with Crippen molar-refractivity contribution in [3.8, 4) is 0 Å². The molecule has 2 atom stereocenters. The van der Waals surface area contributed by atoms with Crippen LogP contribution in [0.25, 0.3) is 0 Å². The number of aliphatic imine (C=N–C) groups is 1. The second kappa shape index (κ2) is 22.6. The van der Waals surface area contributed by atoms with Crippen molar-refractivity contribution in [1.82, 2.24) is 14.5 Å². The lowest BCUT2D eigenvalue weighted by Crippen LogP contribution is -2.45. The van der Waals surface area contributed by atoms with E-state index in [0.29, 0.717) is 59.7 Å². The van der Waals surface area contributed by atoms with E-state index in [-0.39, 0.29) is 24.4 Å². The second-order valence-electron chi connectivity index (χ2n) is 13.2. The molecule has 2 heterocycles. The monoisotopic (exact) mass is 716 g/mol. The summed E-state index contributed by atoms with van der Waals surface area (Å²) in [6.45, 7) is 5.28. The number of allylic oxidation sites excluding steroid dienone is 2. The maximum atomic E-state index is 14.1. The van der Waals surface area contributed by atoms with Gasteiger partial charge in [0, 0.05) is 49.4 Å². The van der Waals surface area contributed by atoms with Crippen LogP contribution >= 0.6 is 23.2 Å². The number of benzene rings is 1. The molecule has 49 heavy (non-hydrogen) atoms. The molecule has 3 rings (SSSR count). The summed E-state index contributed by atoms with van der Waals surface area (Å²) in [7, 11) is 1.93. The molecule has 0 radical (unpaired) electrons. The summed E-state index contributed by atoms with van der Waals surface area (Å²) in [5.41, 5.74) is 7.72.